The van der Waals surface area contributed by atoms with Crippen LogP contribution in [0.2, 0.25) is 5.02 Å². The summed E-state index contributed by atoms with van der Waals surface area (Å²) in [6.07, 6.45) is 2.52. The molecule has 0 atom stereocenters. The van der Waals surface area contributed by atoms with Crippen LogP contribution in [-0.4, -0.2) is 11.1 Å². The number of carboxylic acid groups (broad SMARTS) is 1. The minimum atomic E-state index is -1.01. The molecule has 0 saturated carbocycles. The third kappa shape index (κ3) is 2.78. The number of hydrogen-bond acceptors (Lipinski definition) is 2. The Hall–Kier alpha value is -1.65. The Labute approximate surface area is 112 Å². The molecule has 1 aromatic carbocycles. The summed E-state index contributed by atoms with van der Waals surface area (Å²) in [6.45, 7) is 0. The number of thiophene rings is 1. The first-order valence-electron chi connectivity index (χ1n) is 5.03. The summed E-state index contributed by atoms with van der Waals surface area (Å²) in [5.41, 5.74) is 0.419. The summed E-state index contributed by atoms with van der Waals surface area (Å²) in [6, 6.07) is 8.27. The summed E-state index contributed by atoms with van der Waals surface area (Å²) in [7, 11) is 0. The Balaban J connectivity index is 2.35. The van der Waals surface area contributed by atoms with Gasteiger partial charge in [0.05, 0.1) is 5.02 Å². The SMILES string of the molecule is O=C(O)/C=C/c1ccc(-c2cccc(Cl)c2F)s1. The number of halogens is 2. The lowest BCUT2D eigenvalue weighted by Gasteiger charge is -2.00. The molecular formula is C13H8ClFO2S. The zero-order valence-electron chi connectivity index (χ0n) is 9.06. The Bertz CT molecular complexity index is 619. The Kier molecular flexibility index (Phi) is 3.79. The zero-order valence-corrected chi connectivity index (χ0v) is 10.6. The molecule has 1 aromatic heterocycles. The lowest BCUT2D eigenvalue weighted by molar-refractivity contribution is -0.131. The highest BCUT2D eigenvalue weighted by atomic mass is 35.5. The molecule has 0 aliphatic carbocycles. The van der Waals surface area contributed by atoms with Gasteiger partial charge in [0.1, 0.15) is 5.82 Å². The molecule has 0 spiro atoms. The van der Waals surface area contributed by atoms with Crippen LogP contribution < -0.4 is 0 Å². The Morgan fingerprint density at radius 1 is 1.33 bits per heavy atom. The van der Waals surface area contributed by atoms with E-state index < -0.39 is 11.8 Å². The highest BCUT2D eigenvalue weighted by molar-refractivity contribution is 7.16. The predicted molar refractivity (Wildman–Crippen MR) is 71.4 cm³/mol. The molecule has 0 saturated heterocycles. The van der Waals surface area contributed by atoms with Crippen molar-refractivity contribution in [2.75, 3.05) is 0 Å². The Morgan fingerprint density at radius 2 is 2.11 bits per heavy atom. The van der Waals surface area contributed by atoms with Crippen LogP contribution >= 0.6 is 22.9 Å². The van der Waals surface area contributed by atoms with Crippen molar-refractivity contribution >= 4 is 35.0 Å². The summed E-state index contributed by atoms with van der Waals surface area (Å²) < 4.78 is 13.8. The van der Waals surface area contributed by atoms with Crippen LogP contribution in [0.15, 0.2) is 36.4 Å². The van der Waals surface area contributed by atoms with Gasteiger partial charge in [0, 0.05) is 21.4 Å². The third-order valence-electron chi connectivity index (χ3n) is 2.23. The molecule has 0 fully saturated rings. The van der Waals surface area contributed by atoms with E-state index in [0.29, 0.717) is 10.4 Å². The number of hydrogen-bond donors (Lipinski definition) is 1. The van der Waals surface area contributed by atoms with Crippen molar-refractivity contribution in [2.45, 2.75) is 0 Å². The highest BCUT2D eigenvalue weighted by Gasteiger charge is 2.10. The van der Waals surface area contributed by atoms with Crippen LogP contribution in [0, 0.1) is 5.82 Å². The molecule has 1 heterocycles. The van der Waals surface area contributed by atoms with Crippen LogP contribution in [-0.2, 0) is 4.79 Å². The maximum atomic E-state index is 13.8. The van der Waals surface area contributed by atoms with Crippen LogP contribution in [0.3, 0.4) is 0 Å². The summed E-state index contributed by atoms with van der Waals surface area (Å²) in [4.78, 5) is 11.8. The molecule has 0 amide bonds. The fourth-order valence-corrected chi connectivity index (χ4v) is 2.54. The van der Waals surface area contributed by atoms with E-state index in [9.17, 15) is 9.18 Å². The first-order valence-corrected chi connectivity index (χ1v) is 6.22. The molecule has 0 aliphatic rings. The predicted octanol–water partition coefficient (Wildman–Crippen LogP) is 4.31. The minimum Gasteiger partial charge on any atom is -0.478 e. The molecular weight excluding hydrogens is 275 g/mol. The van der Waals surface area contributed by atoms with Gasteiger partial charge < -0.3 is 5.11 Å². The Morgan fingerprint density at radius 3 is 2.83 bits per heavy atom. The van der Waals surface area contributed by atoms with Crippen LogP contribution in [0.5, 0.6) is 0 Å². The molecule has 2 nitrogen and oxygen atoms in total. The van der Waals surface area contributed by atoms with Crippen LogP contribution in [0.1, 0.15) is 4.88 Å². The van der Waals surface area contributed by atoms with Crippen LogP contribution in [0.25, 0.3) is 16.5 Å². The second-order valence-corrected chi connectivity index (χ2v) is 5.00. The molecule has 0 aliphatic heterocycles. The van der Waals surface area contributed by atoms with Crippen molar-refractivity contribution in [1.29, 1.82) is 0 Å². The van der Waals surface area contributed by atoms with E-state index in [-0.39, 0.29) is 5.02 Å². The van der Waals surface area contributed by atoms with E-state index in [1.807, 2.05) is 0 Å². The minimum absolute atomic E-state index is 0.0727. The first-order chi connectivity index (χ1) is 8.58. The normalized spacial score (nSPS) is 11.0. The average Bonchev–Trinajstić information content (AvgIpc) is 2.78. The molecule has 2 rings (SSSR count). The smallest absolute Gasteiger partial charge is 0.328 e. The lowest BCUT2D eigenvalue weighted by atomic mass is 10.2. The highest BCUT2D eigenvalue weighted by Crippen LogP contribution is 2.33. The fourth-order valence-electron chi connectivity index (χ4n) is 1.43. The quantitative estimate of drug-likeness (QED) is 0.852. The van der Waals surface area contributed by atoms with Gasteiger partial charge in [-0.2, -0.15) is 0 Å². The molecule has 0 bridgehead atoms. The van der Waals surface area contributed by atoms with Gasteiger partial charge in [-0.3, -0.25) is 0 Å². The van der Waals surface area contributed by atoms with Crippen molar-refractivity contribution in [3.63, 3.8) is 0 Å². The second-order valence-electron chi connectivity index (χ2n) is 3.47. The van der Waals surface area contributed by atoms with E-state index >= 15 is 0 Å². The fraction of sp³-hybridized carbons (Fsp3) is 0. The van der Waals surface area contributed by atoms with E-state index in [2.05, 4.69) is 0 Å². The summed E-state index contributed by atoms with van der Waals surface area (Å²) in [5, 5.41) is 8.59. The molecule has 0 unspecified atom stereocenters. The molecule has 2 aromatic rings. The summed E-state index contributed by atoms with van der Waals surface area (Å²) >= 11 is 7.01. The van der Waals surface area contributed by atoms with E-state index in [1.165, 1.54) is 23.5 Å². The van der Waals surface area contributed by atoms with E-state index in [1.54, 1.807) is 24.3 Å². The number of aliphatic carboxylic acids is 1. The third-order valence-corrected chi connectivity index (χ3v) is 3.61. The molecule has 0 radical (unpaired) electrons. The van der Waals surface area contributed by atoms with Crippen LogP contribution in [0.4, 0.5) is 4.39 Å². The standard InChI is InChI=1S/C13H8ClFO2S/c14-10-3-1-2-9(13(10)15)11-6-4-8(18-11)5-7-12(16)17/h1-7H,(H,16,17)/b7-5+. The monoisotopic (exact) mass is 282 g/mol. The van der Waals surface area contributed by atoms with E-state index in [0.717, 1.165) is 11.0 Å². The van der Waals surface area contributed by atoms with Gasteiger partial charge in [-0.1, -0.05) is 23.7 Å². The molecule has 1 N–H and O–H groups in total. The van der Waals surface area contributed by atoms with Gasteiger partial charge in [-0.15, -0.1) is 11.3 Å². The molecule has 5 heteroatoms. The number of carbonyl (C=O) groups is 1. The number of rotatable bonds is 3. The van der Waals surface area contributed by atoms with Crippen molar-refractivity contribution in [2.24, 2.45) is 0 Å². The largest absolute Gasteiger partial charge is 0.478 e. The van der Waals surface area contributed by atoms with Crippen molar-refractivity contribution < 1.29 is 14.3 Å². The maximum Gasteiger partial charge on any atom is 0.328 e. The molecule has 18 heavy (non-hydrogen) atoms. The zero-order chi connectivity index (χ0) is 13.1. The number of carboxylic acids is 1. The topological polar surface area (TPSA) is 37.3 Å². The van der Waals surface area contributed by atoms with Crippen molar-refractivity contribution in [3.05, 3.63) is 52.1 Å². The van der Waals surface area contributed by atoms with Gasteiger partial charge in [-0.25, -0.2) is 9.18 Å². The van der Waals surface area contributed by atoms with Gasteiger partial charge in [0.2, 0.25) is 0 Å². The second kappa shape index (κ2) is 5.33. The summed E-state index contributed by atoms with van der Waals surface area (Å²) in [5.74, 6) is -1.48. The van der Waals surface area contributed by atoms with Gasteiger partial charge >= 0.3 is 5.97 Å². The lowest BCUT2D eigenvalue weighted by Crippen LogP contribution is -1.84. The van der Waals surface area contributed by atoms with Gasteiger partial charge in [0.25, 0.3) is 0 Å². The van der Waals surface area contributed by atoms with Gasteiger partial charge in [0.15, 0.2) is 0 Å². The van der Waals surface area contributed by atoms with Crippen molar-refractivity contribution in [3.8, 4) is 10.4 Å². The van der Waals surface area contributed by atoms with Gasteiger partial charge in [-0.05, 0) is 24.3 Å². The first kappa shape index (κ1) is 12.8. The average molecular weight is 283 g/mol. The van der Waals surface area contributed by atoms with E-state index in [4.69, 9.17) is 16.7 Å². The number of benzene rings is 1. The molecule has 92 valence electrons. The van der Waals surface area contributed by atoms with Crippen molar-refractivity contribution in [1.82, 2.24) is 0 Å². The maximum absolute atomic E-state index is 13.8.